The van der Waals surface area contributed by atoms with Gasteiger partial charge >= 0.3 is 6.03 Å². The quantitative estimate of drug-likeness (QED) is 0.736. The third-order valence-corrected chi connectivity index (χ3v) is 4.88. The molecular formula is C22H21N3O3. The van der Waals surface area contributed by atoms with Crippen LogP contribution in [0.15, 0.2) is 60.9 Å². The van der Waals surface area contributed by atoms with Gasteiger partial charge in [-0.2, -0.15) is 0 Å². The summed E-state index contributed by atoms with van der Waals surface area (Å²) in [6.07, 6.45) is 4.38. The Bertz CT molecular complexity index is 1010. The molecule has 0 saturated carbocycles. The second-order valence-corrected chi connectivity index (χ2v) is 6.45. The van der Waals surface area contributed by atoms with E-state index in [4.69, 9.17) is 9.47 Å². The van der Waals surface area contributed by atoms with E-state index in [2.05, 4.69) is 16.4 Å². The molecule has 142 valence electrons. The van der Waals surface area contributed by atoms with Gasteiger partial charge in [0.2, 0.25) is 0 Å². The van der Waals surface area contributed by atoms with Gasteiger partial charge in [-0.15, -0.1) is 0 Å². The van der Waals surface area contributed by atoms with Gasteiger partial charge in [0.25, 0.3) is 0 Å². The zero-order chi connectivity index (χ0) is 19.5. The molecule has 3 aromatic rings. The van der Waals surface area contributed by atoms with Crippen LogP contribution < -0.4 is 19.7 Å². The van der Waals surface area contributed by atoms with Crippen molar-refractivity contribution in [2.75, 3.05) is 31.0 Å². The fourth-order valence-corrected chi connectivity index (χ4v) is 3.50. The number of hydrogen-bond acceptors (Lipinski definition) is 4. The highest BCUT2D eigenvalue weighted by molar-refractivity contribution is 6.04. The van der Waals surface area contributed by atoms with Gasteiger partial charge in [0.05, 0.1) is 19.9 Å². The van der Waals surface area contributed by atoms with Crippen LogP contribution in [0.3, 0.4) is 0 Å². The maximum absolute atomic E-state index is 12.9. The minimum atomic E-state index is -0.193. The number of nitrogens with zero attached hydrogens (tertiary/aromatic N) is 2. The lowest BCUT2D eigenvalue weighted by Crippen LogP contribution is -2.33. The van der Waals surface area contributed by atoms with E-state index in [1.165, 1.54) is 0 Å². The lowest BCUT2D eigenvalue weighted by molar-refractivity contribution is 0.257. The topological polar surface area (TPSA) is 63.7 Å². The molecule has 28 heavy (non-hydrogen) atoms. The maximum Gasteiger partial charge on any atom is 0.326 e. The Labute approximate surface area is 163 Å². The van der Waals surface area contributed by atoms with Crippen molar-refractivity contribution in [3.05, 3.63) is 66.5 Å². The van der Waals surface area contributed by atoms with Crippen LogP contribution in [0.2, 0.25) is 0 Å². The van der Waals surface area contributed by atoms with Crippen molar-refractivity contribution in [3.63, 3.8) is 0 Å². The number of fused-ring (bicyclic) bond motifs is 1. The zero-order valence-corrected chi connectivity index (χ0v) is 15.8. The Balaban J connectivity index is 1.57. The Morgan fingerprint density at radius 1 is 1.04 bits per heavy atom. The number of amides is 2. The van der Waals surface area contributed by atoms with Crippen molar-refractivity contribution in [2.24, 2.45) is 0 Å². The number of ether oxygens (including phenoxy) is 2. The number of hydrogen-bond donors (Lipinski definition) is 1. The van der Waals surface area contributed by atoms with Crippen molar-refractivity contribution in [3.8, 4) is 22.6 Å². The molecule has 0 atom stereocenters. The summed E-state index contributed by atoms with van der Waals surface area (Å²) < 4.78 is 10.7. The van der Waals surface area contributed by atoms with E-state index in [1.54, 1.807) is 43.6 Å². The number of aromatic nitrogens is 1. The first-order valence-electron chi connectivity index (χ1n) is 9.04. The summed E-state index contributed by atoms with van der Waals surface area (Å²) in [5, 5.41) is 2.94. The van der Waals surface area contributed by atoms with Crippen LogP contribution in [-0.2, 0) is 6.42 Å². The van der Waals surface area contributed by atoms with E-state index in [0.29, 0.717) is 23.7 Å². The molecule has 2 aromatic carbocycles. The van der Waals surface area contributed by atoms with Crippen molar-refractivity contribution < 1.29 is 14.3 Å². The highest BCUT2D eigenvalue weighted by Gasteiger charge is 2.26. The first-order chi connectivity index (χ1) is 13.7. The molecule has 1 N–H and O–H groups in total. The van der Waals surface area contributed by atoms with Gasteiger partial charge in [-0.05, 0) is 59.5 Å². The lowest BCUT2D eigenvalue weighted by atomic mass is 10.0. The molecular weight excluding hydrogens is 354 g/mol. The first-order valence-corrected chi connectivity index (χ1v) is 9.04. The number of para-hydroxylation sites is 1. The number of pyridine rings is 1. The summed E-state index contributed by atoms with van der Waals surface area (Å²) >= 11 is 0. The molecule has 0 unspecified atom stereocenters. The molecule has 1 aliphatic rings. The van der Waals surface area contributed by atoms with Crippen LogP contribution in [-0.4, -0.2) is 31.8 Å². The van der Waals surface area contributed by atoms with Crippen LogP contribution in [0.5, 0.6) is 11.5 Å². The van der Waals surface area contributed by atoms with Gasteiger partial charge in [-0.25, -0.2) is 4.79 Å². The normalized spacial score (nSPS) is 12.4. The van der Waals surface area contributed by atoms with E-state index in [-0.39, 0.29) is 6.03 Å². The minimum absolute atomic E-state index is 0.193. The number of nitrogens with one attached hydrogen (secondary N) is 1. The number of rotatable bonds is 4. The number of urea groups is 1. The summed E-state index contributed by atoms with van der Waals surface area (Å²) in [5.41, 5.74) is 4.90. The summed E-state index contributed by atoms with van der Waals surface area (Å²) in [4.78, 5) is 18.7. The molecule has 0 aliphatic carbocycles. The molecule has 0 bridgehead atoms. The predicted octanol–water partition coefficient (Wildman–Crippen LogP) is 4.36. The Morgan fingerprint density at radius 2 is 1.86 bits per heavy atom. The monoisotopic (exact) mass is 375 g/mol. The van der Waals surface area contributed by atoms with Gasteiger partial charge < -0.3 is 14.8 Å². The zero-order valence-electron chi connectivity index (χ0n) is 15.8. The van der Waals surface area contributed by atoms with Crippen LogP contribution in [0.25, 0.3) is 11.1 Å². The molecule has 2 heterocycles. The van der Waals surface area contributed by atoms with Gasteiger partial charge in [0.1, 0.15) is 0 Å². The summed E-state index contributed by atoms with van der Waals surface area (Å²) in [5.74, 6) is 1.08. The largest absolute Gasteiger partial charge is 0.493 e. The molecule has 4 rings (SSSR count). The fraction of sp³-hybridized carbons (Fsp3) is 0.182. The fourth-order valence-electron chi connectivity index (χ4n) is 3.50. The van der Waals surface area contributed by atoms with Crippen LogP contribution in [0.1, 0.15) is 5.56 Å². The van der Waals surface area contributed by atoms with Gasteiger partial charge in [-0.1, -0.05) is 12.1 Å². The SMILES string of the molecule is COc1cccc(NC(=O)N2CCc3cc(-c4ccncc4)ccc32)c1OC. The van der Waals surface area contributed by atoms with Crippen molar-refractivity contribution in [2.45, 2.75) is 6.42 Å². The second kappa shape index (κ2) is 7.60. The molecule has 1 aromatic heterocycles. The minimum Gasteiger partial charge on any atom is -0.493 e. The Morgan fingerprint density at radius 3 is 2.61 bits per heavy atom. The molecule has 0 radical (unpaired) electrons. The van der Waals surface area contributed by atoms with Crippen LogP contribution in [0.4, 0.5) is 16.2 Å². The molecule has 0 spiro atoms. The molecule has 6 heteroatoms. The summed E-state index contributed by atoms with van der Waals surface area (Å²) in [6.45, 7) is 0.632. The smallest absolute Gasteiger partial charge is 0.326 e. The average molecular weight is 375 g/mol. The molecule has 2 amide bonds. The molecule has 1 aliphatic heterocycles. The number of benzene rings is 2. The molecule has 6 nitrogen and oxygen atoms in total. The van der Waals surface area contributed by atoms with Gasteiger partial charge in [0, 0.05) is 24.6 Å². The predicted molar refractivity (Wildman–Crippen MR) is 109 cm³/mol. The Kier molecular flexibility index (Phi) is 4.85. The average Bonchev–Trinajstić information content (AvgIpc) is 3.17. The second-order valence-electron chi connectivity index (χ2n) is 6.45. The van der Waals surface area contributed by atoms with Crippen LogP contribution >= 0.6 is 0 Å². The third-order valence-electron chi connectivity index (χ3n) is 4.88. The molecule has 0 saturated heterocycles. The van der Waals surface area contributed by atoms with E-state index >= 15 is 0 Å². The van der Waals surface area contributed by atoms with Crippen molar-refractivity contribution in [1.82, 2.24) is 4.98 Å². The maximum atomic E-state index is 12.9. The highest BCUT2D eigenvalue weighted by Crippen LogP contribution is 2.36. The van der Waals surface area contributed by atoms with Gasteiger partial charge in [-0.3, -0.25) is 9.88 Å². The van der Waals surface area contributed by atoms with Crippen LogP contribution in [0, 0.1) is 0 Å². The van der Waals surface area contributed by atoms with Gasteiger partial charge in [0.15, 0.2) is 11.5 Å². The summed E-state index contributed by atoms with van der Waals surface area (Å²) in [6, 6.07) is 15.4. The number of anilines is 2. The highest BCUT2D eigenvalue weighted by atomic mass is 16.5. The number of carbonyl (C=O) groups excluding carboxylic acids is 1. The van der Waals surface area contributed by atoms with E-state index in [1.807, 2.05) is 30.3 Å². The van der Waals surface area contributed by atoms with E-state index in [9.17, 15) is 4.79 Å². The number of methoxy groups -OCH3 is 2. The Hall–Kier alpha value is -3.54. The van der Waals surface area contributed by atoms with E-state index in [0.717, 1.165) is 28.8 Å². The van der Waals surface area contributed by atoms with Crippen molar-refractivity contribution in [1.29, 1.82) is 0 Å². The third kappa shape index (κ3) is 3.24. The van der Waals surface area contributed by atoms with E-state index < -0.39 is 0 Å². The lowest BCUT2D eigenvalue weighted by Gasteiger charge is -2.20. The number of carbonyl (C=O) groups is 1. The molecule has 0 fully saturated rings. The first kappa shape index (κ1) is 17.9. The standard InChI is InChI=1S/C22H21N3O3/c1-27-20-5-3-4-18(21(20)28-2)24-22(26)25-13-10-17-14-16(6-7-19(17)25)15-8-11-23-12-9-15/h3-9,11-12,14H,10,13H2,1-2H3,(H,24,26). The summed E-state index contributed by atoms with van der Waals surface area (Å²) in [7, 11) is 3.12. The van der Waals surface area contributed by atoms with Crippen molar-refractivity contribution >= 4 is 17.4 Å².